The van der Waals surface area contributed by atoms with E-state index < -0.39 is 0 Å². The molecule has 1 aliphatic heterocycles. The number of carbonyl (C=O) groups is 2. The molecule has 1 saturated heterocycles. The van der Waals surface area contributed by atoms with Gasteiger partial charge >= 0.3 is 6.09 Å². The second kappa shape index (κ2) is 8.13. The second-order valence-corrected chi connectivity index (χ2v) is 6.27. The van der Waals surface area contributed by atoms with E-state index in [1.165, 1.54) is 6.07 Å². The molecule has 0 atom stereocenters. The van der Waals surface area contributed by atoms with E-state index in [9.17, 15) is 9.59 Å². The molecule has 1 heterocycles. The number of amides is 2. The molecule has 2 aromatic carbocycles. The van der Waals surface area contributed by atoms with Crippen LogP contribution in [-0.2, 0) is 4.74 Å². The molecule has 0 unspecified atom stereocenters. The van der Waals surface area contributed by atoms with Crippen molar-refractivity contribution in [3.05, 3.63) is 63.6 Å². The minimum Gasteiger partial charge on any atom is -0.447 e. The van der Waals surface area contributed by atoms with Crippen molar-refractivity contribution in [2.45, 2.75) is 0 Å². The van der Waals surface area contributed by atoms with E-state index in [2.05, 4.69) is 17.2 Å². The van der Waals surface area contributed by atoms with Gasteiger partial charge in [0.1, 0.15) is 6.61 Å². The summed E-state index contributed by atoms with van der Waals surface area (Å²) in [4.78, 5) is 25.2. The molecule has 0 aliphatic carbocycles. The summed E-state index contributed by atoms with van der Waals surface area (Å²) in [5.74, 6) is 5.48. The molecule has 1 fully saturated rings. The van der Waals surface area contributed by atoms with E-state index in [4.69, 9.17) is 27.9 Å². The highest BCUT2D eigenvalue weighted by atomic mass is 35.5. The molecule has 26 heavy (non-hydrogen) atoms. The number of nitrogens with zero attached hydrogens (tertiary/aromatic N) is 1. The monoisotopic (exact) mass is 388 g/mol. The molecule has 2 amide bonds. The number of rotatable bonds is 3. The zero-order valence-corrected chi connectivity index (χ0v) is 15.1. The predicted molar refractivity (Wildman–Crippen MR) is 101 cm³/mol. The highest BCUT2D eigenvalue weighted by Gasteiger charge is 2.23. The Hall–Kier alpha value is -2.68. The van der Waals surface area contributed by atoms with Gasteiger partial charge in [-0.15, -0.1) is 0 Å². The number of anilines is 1. The number of hydrogen-bond acceptors (Lipinski definition) is 3. The van der Waals surface area contributed by atoms with Crippen LogP contribution in [0.5, 0.6) is 0 Å². The van der Waals surface area contributed by atoms with Crippen LogP contribution in [0.15, 0.2) is 42.5 Å². The molecule has 7 heteroatoms. The summed E-state index contributed by atoms with van der Waals surface area (Å²) in [6.07, 6.45) is -0.341. The summed E-state index contributed by atoms with van der Waals surface area (Å²) in [7, 11) is 0. The van der Waals surface area contributed by atoms with Crippen LogP contribution in [-0.4, -0.2) is 31.7 Å². The lowest BCUT2D eigenvalue weighted by molar-refractivity contribution is 0.0959. The SMILES string of the molecule is O=C(NCC#Cc1ccc(N2CCOC2=O)cc1)c1cc(Cl)ccc1Cl. The van der Waals surface area contributed by atoms with Crippen molar-refractivity contribution in [3.8, 4) is 11.8 Å². The van der Waals surface area contributed by atoms with Gasteiger partial charge in [0, 0.05) is 16.3 Å². The molecule has 0 aromatic heterocycles. The van der Waals surface area contributed by atoms with Crippen molar-refractivity contribution in [2.24, 2.45) is 0 Å². The van der Waals surface area contributed by atoms with Crippen LogP contribution in [0.3, 0.4) is 0 Å². The summed E-state index contributed by atoms with van der Waals surface area (Å²) in [5, 5.41) is 3.44. The van der Waals surface area contributed by atoms with E-state index in [0.29, 0.717) is 28.8 Å². The first-order chi connectivity index (χ1) is 12.5. The number of nitrogens with one attached hydrogen (secondary N) is 1. The molecular weight excluding hydrogens is 375 g/mol. The lowest BCUT2D eigenvalue weighted by Crippen LogP contribution is -2.23. The average molecular weight is 389 g/mol. The Morgan fingerprint density at radius 3 is 2.65 bits per heavy atom. The van der Waals surface area contributed by atoms with Gasteiger partial charge in [-0.2, -0.15) is 0 Å². The first-order valence-electron chi connectivity index (χ1n) is 7.81. The molecule has 132 valence electrons. The third-order valence-corrected chi connectivity index (χ3v) is 4.25. The Morgan fingerprint density at radius 1 is 1.19 bits per heavy atom. The molecule has 0 saturated carbocycles. The Morgan fingerprint density at radius 2 is 1.96 bits per heavy atom. The van der Waals surface area contributed by atoms with Gasteiger partial charge in [-0.05, 0) is 42.5 Å². The highest BCUT2D eigenvalue weighted by molar-refractivity contribution is 6.35. The molecule has 5 nitrogen and oxygen atoms in total. The maximum atomic E-state index is 12.1. The van der Waals surface area contributed by atoms with Crippen LogP contribution in [0, 0.1) is 11.8 Å². The van der Waals surface area contributed by atoms with E-state index in [-0.39, 0.29) is 18.5 Å². The van der Waals surface area contributed by atoms with Crippen LogP contribution in [0.1, 0.15) is 15.9 Å². The first-order valence-corrected chi connectivity index (χ1v) is 8.56. The van der Waals surface area contributed by atoms with Crippen LogP contribution < -0.4 is 10.2 Å². The van der Waals surface area contributed by atoms with Crippen molar-refractivity contribution >= 4 is 40.9 Å². The van der Waals surface area contributed by atoms with E-state index in [1.54, 1.807) is 29.2 Å². The summed E-state index contributed by atoms with van der Waals surface area (Å²) >= 11 is 11.9. The summed E-state index contributed by atoms with van der Waals surface area (Å²) in [6.45, 7) is 1.11. The van der Waals surface area contributed by atoms with Crippen LogP contribution in [0.25, 0.3) is 0 Å². The Bertz CT molecular complexity index is 901. The van der Waals surface area contributed by atoms with Crippen LogP contribution in [0.4, 0.5) is 10.5 Å². The lowest BCUT2D eigenvalue weighted by Gasteiger charge is -2.11. The smallest absolute Gasteiger partial charge is 0.414 e. The van der Waals surface area contributed by atoms with Gasteiger partial charge in [-0.1, -0.05) is 35.0 Å². The van der Waals surface area contributed by atoms with Crippen LogP contribution in [0.2, 0.25) is 10.0 Å². The molecular formula is C19H14Cl2N2O3. The topological polar surface area (TPSA) is 58.6 Å². The average Bonchev–Trinajstić information content (AvgIpc) is 3.07. The van der Waals surface area contributed by atoms with Gasteiger partial charge in [-0.25, -0.2) is 4.79 Å². The van der Waals surface area contributed by atoms with Gasteiger partial charge in [0.25, 0.3) is 5.91 Å². The van der Waals surface area contributed by atoms with E-state index in [1.807, 2.05) is 12.1 Å². The fourth-order valence-electron chi connectivity index (χ4n) is 2.39. The fraction of sp³-hybridized carbons (Fsp3) is 0.158. The highest BCUT2D eigenvalue weighted by Crippen LogP contribution is 2.20. The third-order valence-electron chi connectivity index (χ3n) is 3.68. The number of hydrogen-bond donors (Lipinski definition) is 1. The summed E-state index contributed by atoms with van der Waals surface area (Å²) < 4.78 is 4.91. The molecule has 1 aliphatic rings. The zero-order chi connectivity index (χ0) is 18.5. The first kappa shape index (κ1) is 18.1. The standard InChI is InChI=1S/C19H14Cl2N2O3/c20-14-5-8-17(21)16(12-14)18(24)22-9-1-2-13-3-6-15(7-4-13)23-10-11-26-19(23)25/h3-8,12H,9-11H2,(H,22,24). The minimum absolute atomic E-state index is 0.169. The van der Waals surface area contributed by atoms with Gasteiger partial charge in [0.2, 0.25) is 0 Å². The van der Waals surface area contributed by atoms with Crippen molar-refractivity contribution in [3.63, 3.8) is 0 Å². The van der Waals surface area contributed by atoms with Crippen molar-refractivity contribution in [1.82, 2.24) is 5.32 Å². The molecule has 1 N–H and O–H groups in total. The van der Waals surface area contributed by atoms with E-state index >= 15 is 0 Å². The minimum atomic E-state index is -0.341. The van der Waals surface area contributed by atoms with Gasteiger partial charge in [0.05, 0.1) is 23.7 Å². The van der Waals surface area contributed by atoms with Gasteiger partial charge < -0.3 is 10.1 Å². The van der Waals surface area contributed by atoms with Crippen molar-refractivity contribution in [2.75, 3.05) is 24.6 Å². The predicted octanol–water partition coefficient (Wildman–Crippen LogP) is 3.73. The van der Waals surface area contributed by atoms with Crippen molar-refractivity contribution < 1.29 is 14.3 Å². The number of carbonyl (C=O) groups excluding carboxylic acids is 2. The molecule has 0 radical (unpaired) electrons. The maximum absolute atomic E-state index is 12.1. The molecule has 3 rings (SSSR count). The number of cyclic esters (lactones) is 1. The maximum Gasteiger partial charge on any atom is 0.414 e. The number of ether oxygens (including phenoxy) is 1. The molecule has 2 aromatic rings. The van der Waals surface area contributed by atoms with Gasteiger partial charge in [0.15, 0.2) is 0 Å². The van der Waals surface area contributed by atoms with E-state index in [0.717, 1.165) is 11.3 Å². The second-order valence-electron chi connectivity index (χ2n) is 5.42. The largest absolute Gasteiger partial charge is 0.447 e. The van der Waals surface area contributed by atoms with Gasteiger partial charge in [-0.3, -0.25) is 9.69 Å². The Labute approximate surface area is 160 Å². The fourth-order valence-corrected chi connectivity index (χ4v) is 2.77. The molecule has 0 spiro atoms. The normalized spacial score (nSPS) is 13.0. The number of halogens is 2. The molecule has 0 bridgehead atoms. The Kier molecular flexibility index (Phi) is 5.67. The third kappa shape index (κ3) is 4.29. The summed E-state index contributed by atoms with van der Waals surface area (Å²) in [6, 6.07) is 11.9. The lowest BCUT2D eigenvalue weighted by atomic mass is 10.2. The van der Waals surface area contributed by atoms with Crippen LogP contribution >= 0.6 is 23.2 Å². The zero-order valence-electron chi connectivity index (χ0n) is 13.6. The Balaban J connectivity index is 1.57. The quantitative estimate of drug-likeness (QED) is 0.814. The number of benzene rings is 2. The summed E-state index contributed by atoms with van der Waals surface area (Å²) in [5.41, 5.74) is 1.85. The van der Waals surface area contributed by atoms with Crippen molar-refractivity contribution in [1.29, 1.82) is 0 Å².